The molecule has 0 fully saturated rings. The van der Waals surface area contributed by atoms with Crippen LogP contribution in [0.2, 0.25) is 0 Å². The standard InChI is InChI=1S/C22H28N6O2/c1-17-26-27-21(28(17)2)16-25-22(24-15-18-7-5-4-6-8-18)23-13-14-30-20-11-9-19(29-3)10-12-20/h4-12H,13-16H2,1-3H3,(H2,23,24,25). The number of nitrogens with one attached hydrogen (secondary N) is 2. The Balaban J connectivity index is 1.54. The molecule has 1 heterocycles. The molecule has 30 heavy (non-hydrogen) atoms. The Bertz CT molecular complexity index is 938. The molecule has 0 unspecified atom stereocenters. The summed E-state index contributed by atoms with van der Waals surface area (Å²) in [5, 5.41) is 14.9. The van der Waals surface area contributed by atoms with Gasteiger partial charge in [-0.15, -0.1) is 10.2 Å². The average molecular weight is 409 g/mol. The highest BCUT2D eigenvalue weighted by atomic mass is 16.5. The Morgan fingerprint density at radius 3 is 2.40 bits per heavy atom. The lowest BCUT2D eigenvalue weighted by molar-refractivity contribution is 0.321. The Morgan fingerprint density at radius 2 is 1.73 bits per heavy atom. The number of aliphatic imine (C=N–C) groups is 1. The van der Waals surface area contributed by atoms with E-state index in [9.17, 15) is 0 Å². The zero-order chi connectivity index (χ0) is 21.2. The highest BCUT2D eigenvalue weighted by molar-refractivity contribution is 5.79. The lowest BCUT2D eigenvalue weighted by Gasteiger charge is -2.13. The molecule has 0 atom stereocenters. The first-order valence-corrected chi connectivity index (χ1v) is 9.83. The predicted molar refractivity (Wildman–Crippen MR) is 117 cm³/mol. The van der Waals surface area contributed by atoms with Crippen molar-refractivity contribution in [2.75, 3.05) is 20.3 Å². The van der Waals surface area contributed by atoms with Crippen LogP contribution in [0.15, 0.2) is 59.6 Å². The summed E-state index contributed by atoms with van der Waals surface area (Å²) in [5.41, 5.74) is 1.14. The van der Waals surface area contributed by atoms with Gasteiger partial charge >= 0.3 is 0 Å². The van der Waals surface area contributed by atoms with E-state index in [4.69, 9.17) is 9.47 Å². The van der Waals surface area contributed by atoms with Gasteiger partial charge in [0.2, 0.25) is 0 Å². The molecule has 2 N–H and O–H groups in total. The van der Waals surface area contributed by atoms with Crippen molar-refractivity contribution < 1.29 is 9.47 Å². The van der Waals surface area contributed by atoms with E-state index < -0.39 is 0 Å². The Kier molecular flexibility index (Phi) is 7.65. The topological polar surface area (TPSA) is 85.6 Å². The molecule has 3 aromatic rings. The van der Waals surface area contributed by atoms with Crippen molar-refractivity contribution in [3.05, 3.63) is 71.8 Å². The van der Waals surface area contributed by atoms with Gasteiger partial charge in [-0.3, -0.25) is 0 Å². The van der Waals surface area contributed by atoms with Crippen molar-refractivity contribution in [1.82, 2.24) is 25.4 Å². The van der Waals surface area contributed by atoms with Crippen LogP contribution in [-0.4, -0.2) is 41.0 Å². The number of rotatable bonds is 9. The molecule has 1 aromatic heterocycles. The Labute approximate surface area is 177 Å². The van der Waals surface area contributed by atoms with Gasteiger partial charge in [0.15, 0.2) is 11.8 Å². The number of ether oxygens (including phenoxy) is 2. The van der Waals surface area contributed by atoms with Crippen LogP contribution in [0.25, 0.3) is 0 Å². The third-order valence-electron chi connectivity index (χ3n) is 4.58. The molecule has 0 saturated carbocycles. The highest BCUT2D eigenvalue weighted by Gasteiger charge is 2.06. The summed E-state index contributed by atoms with van der Waals surface area (Å²) in [6.45, 7) is 4.13. The van der Waals surface area contributed by atoms with Gasteiger partial charge in [0.1, 0.15) is 23.9 Å². The molecule has 8 nitrogen and oxygen atoms in total. The molecule has 158 valence electrons. The molecule has 0 amide bonds. The number of hydrogen-bond acceptors (Lipinski definition) is 5. The Morgan fingerprint density at radius 1 is 1.00 bits per heavy atom. The summed E-state index contributed by atoms with van der Waals surface area (Å²) in [6.07, 6.45) is 0. The van der Waals surface area contributed by atoms with E-state index in [0.717, 1.165) is 28.7 Å². The second-order valence-corrected chi connectivity index (χ2v) is 6.68. The van der Waals surface area contributed by atoms with Crippen LogP contribution in [-0.2, 0) is 20.1 Å². The second kappa shape index (κ2) is 10.8. The average Bonchev–Trinajstić information content (AvgIpc) is 3.11. The third-order valence-corrected chi connectivity index (χ3v) is 4.58. The summed E-state index contributed by atoms with van der Waals surface area (Å²) in [5.74, 6) is 4.01. The van der Waals surface area contributed by atoms with Gasteiger partial charge in [-0.05, 0) is 36.8 Å². The van der Waals surface area contributed by atoms with Gasteiger partial charge in [0, 0.05) is 7.05 Å². The van der Waals surface area contributed by atoms with Crippen molar-refractivity contribution >= 4 is 5.96 Å². The quantitative estimate of drug-likeness (QED) is 0.321. The van der Waals surface area contributed by atoms with Crippen LogP contribution in [0.3, 0.4) is 0 Å². The van der Waals surface area contributed by atoms with E-state index in [1.807, 2.05) is 61.0 Å². The molecular weight excluding hydrogens is 380 g/mol. The normalized spacial score (nSPS) is 11.2. The highest BCUT2D eigenvalue weighted by Crippen LogP contribution is 2.16. The summed E-state index contributed by atoms with van der Waals surface area (Å²) < 4.78 is 12.9. The first-order chi connectivity index (χ1) is 14.7. The lowest BCUT2D eigenvalue weighted by Crippen LogP contribution is -2.39. The zero-order valence-electron chi connectivity index (χ0n) is 17.6. The fraction of sp³-hybridized carbons (Fsp3) is 0.318. The Hall–Kier alpha value is -3.55. The zero-order valence-corrected chi connectivity index (χ0v) is 17.6. The first kappa shape index (κ1) is 21.2. The van der Waals surface area contributed by atoms with Crippen molar-refractivity contribution in [2.24, 2.45) is 12.0 Å². The summed E-state index contributed by atoms with van der Waals surface area (Å²) >= 11 is 0. The van der Waals surface area contributed by atoms with E-state index in [1.165, 1.54) is 0 Å². The van der Waals surface area contributed by atoms with Crippen molar-refractivity contribution in [1.29, 1.82) is 0 Å². The maximum Gasteiger partial charge on any atom is 0.192 e. The minimum absolute atomic E-state index is 0.501. The van der Waals surface area contributed by atoms with Crippen LogP contribution in [0.4, 0.5) is 0 Å². The molecule has 0 spiro atoms. The molecule has 0 aliphatic rings. The largest absolute Gasteiger partial charge is 0.497 e. The van der Waals surface area contributed by atoms with Crippen LogP contribution in [0, 0.1) is 6.92 Å². The molecule has 0 bridgehead atoms. The minimum Gasteiger partial charge on any atom is -0.497 e. The fourth-order valence-electron chi connectivity index (χ4n) is 2.71. The summed E-state index contributed by atoms with van der Waals surface area (Å²) in [7, 11) is 3.59. The van der Waals surface area contributed by atoms with E-state index in [-0.39, 0.29) is 0 Å². The maximum absolute atomic E-state index is 5.78. The van der Waals surface area contributed by atoms with Crippen LogP contribution in [0.5, 0.6) is 11.5 Å². The van der Waals surface area contributed by atoms with Gasteiger partial charge in [-0.1, -0.05) is 30.3 Å². The van der Waals surface area contributed by atoms with Crippen LogP contribution >= 0.6 is 0 Å². The molecule has 0 saturated heterocycles. The van der Waals surface area contributed by atoms with Crippen molar-refractivity contribution in [2.45, 2.75) is 20.0 Å². The smallest absolute Gasteiger partial charge is 0.192 e. The molecule has 0 aliphatic carbocycles. The van der Waals surface area contributed by atoms with Gasteiger partial charge in [0.05, 0.1) is 26.7 Å². The maximum atomic E-state index is 5.78. The molecule has 8 heteroatoms. The third kappa shape index (κ3) is 6.23. The van der Waals surface area contributed by atoms with E-state index >= 15 is 0 Å². The van der Waals surface area contributed by atoms with Crippen molar-refractivity contribution in [3.63, 3.8) is 0 Å². The number of nitrogens with zero attached hydrogens (tertiary/aromatic N) is 4. The molecular formula is C22H28N6O2. The SMILES string of the molecule is COc1ccc(OCCNC(=NCc2ccccc2)NCc2nnc(C)n2C)cc1. The van der Waals surface area contributed by atoms with Crippen LogP contribution in [0.1, 0.15) is 17.2 Å². The molecule has 0 radical (unpaired) electrons. The number of hydrogen-bond donors (Lipinski definition) is 2. The van der Waals surface area contributed by atoms with E-state index in [2.05, 4.69) is 38.0 Å². The lowest BCUT2D eigenvalue weighted by atomic mass is 10.2. The predicted octanol–water partition coefficient (Wildman–Crippen LogP) is 2.45. The second-order valence-electron chi connectivity index (χ2n) is 6.68. The summed E-state index contributed by atoms with van der Waals surface area (Å²) in [6, 6.07) is 17.7. The number of benzene rings is 2. The van der Waals surface area contributed by atoms with Gasteiger partial charge in [-0.2, -0.15) is 0 Å². The van der Waals surface area contributed by atoms with Gasteiger partial charge < -0.3 is 24.7 Å². The molecule has 2 aromatic carbocycles. The number of aryl methyl sites for hydroxylation is 1. The number of methoxy groups -OCH3 is 1. The number of aromatic nitrogens is 3. The minimum atomic E-state index is 0.501. The monoisotopic (exact) mass is 408 g/mol. The van der Waals surface area contributed by atoms with Crippen molar-refractivity contribution in [3.8, 4) is 11.5 Å². The number of guanidine groups is 1. The van der Waals surface area contributed by atoms with E-state index in [0.29, 0.717) is 32.2 Å². The van der Waals surface area contributed by atoms with Gasteiger partial charge in [0.25, 0.3) is 0 Å². The van der Waals surface area contributed by atoms with Crippen LogP contribution < -0.4 is 20.1 Å². The molecule has 3 rings (SSSR count). The molecule has 0 aliphatic heterocycles. The summed E-state index contributed by atoms with van der Waals surface area (Å²) in [4.78, 5) is 4.68. The first-order valence-electron chi connectivity index (χ1n) is 9.83. The fourth-order valence-corrected chi connectivity index (χ4v) is 2.71. The van der Waals surface area contributed by atoms with E-state index in [1.54, 1.807) is 7.11 Å². The van der Waals surface area contributed by atoms with Gasteiger partial charge in [-0.25, -0.2) is 4.99 Å².